The quantitative estimate of drug-likeness (QED) is 0.267. The summed E-state index contributed by atoms with van der Waals surface area (Å²) in [5, 5.41) is 9.29. The Kier molecular flexibility index (Phi) is 6.08. The zero-order valence-corrected chi connectivity index (χ0v) is 20.9. The first-order valence-corrected chi connectivity index (χ1v) is 12.3. The molecule has 0 radical (unpaired) electrons. The van der Waals surface area contributed by atoms with Crippen LogP contribution >= 0.6 is 0 Å². The van der Waals surface area contributed by atoms with Crippen molar-refractivity contribution in [3.05, 3.63) is 114 Å². The highest BCUT2D eigenvalue weighted by Crippen LogP contribution is 2.34. The van der Waals surface area contributed by atoms with E-state index in [2.05, 4.69) is 135 Å². The molecule has 0 fully saturated rings. The summed E-state index contributed by atoms with van der Waals surface area (Å²) in [6.07, 6.45) is 1.01. The Hall–Kier alpha value is -3.98. The van der Waals surface area contributed by atoms with Gasteiger partial charge in [0.15, 0.2) is 0 Å². The van der Waals surface area contributed by atoms with E-state index in [9.17, 15) is 0 Å². The summed E-state index contributed by atoms with van der Waals surface area (Å²) in [6.45, 7) is 8.87. The van der Waals surface area contributed by atoms with E-state index < -0.39 is 0 Å². The normalized spacial score (nSPS) is 11.5. The van der Waals surface area contributed by atoms with Crippen LogP contribution in [-0.4, -0.2) is 15.0 Å². The van der Waals surface area contributed by atoms with Gasteiger partial charge in [0.05, 0.1) is 5.69 Å². The van der Waals surface area contributed by atoms with Gasteiger partial charge in [-0.15, -0.1) is 5.10 Å². The van der Waals surface area contributed by atoms with Crippen LogP contribution in [-0.2, 0) is 11.8 Å². The van der Waals surface area contributed by atoms with Crippen LogP contribution in [0.4, 0.5) is 0 Å². The molecular weight excluding hydrogens is 426 g/mol. The fourth-order valence-electron chi connectivity index (χ4n) is 4.37. The first kappa shape index (κ1) is 22.8. The van der Waals surface area contributed by atoms with Crippen molar-refractivity contribution in [2.24, 2.45) is 0 Å². The number of aryl methyl sites for hydroxylation is 1. The first-order valence-electron chi connectivity index (χ1n) is 12.3. The largest absolute Gasteiger partial charge is 0.212 e. The zero-order valence-electron chi connectivity index (χ0n) is 20.9. The van der Waals surface area contributed by atoms with E-state index >= 15 is 0 Å². The summed E-state index contributed by atoms with van der Waals surface area (Å²) < 4.78 is 1.97. The molecule has 0 saturated heterocycles. The topological polar surface area (TPSA) is 30.7 Å². The first-order chi connectivity index (χ1) is 16.9. The lowest BCUT2D eigenvalue weighted by Gasteiger charge is -2.19. The molecule has 0 saturated carbocycles. The van der Waals surface area contributed by atoms with Crippen LogP contribution in [0.25, 0.3) is 39.3 Å². The second kappa shape index (κ2) is 9.34. The Morgan fingerprint density at radius 2 is 1.20 bits per heavy atom. The highest BCUT2D eigenvalue weighted by atomic mass is 15.4. The van der Waals surface area contributed by atoms with Gasteiger partial charge in [0, 0.05) is 11.1 Å². The summed E-state index contributed by atoms with van der Waals surface area (Å²) in [6, 6.07) is 36.4. The van der Waals surface area contributed by atoms with Gasteiger partial charge in [0.1, 0.15) is 11.4 Å². The molecule has 4 aromatic carbocycles. The smallest absolute Gasteiger partial charge is 0.121 e. The molecule has 0 aliphatic rings. The van der Waals surface area contributed by atoms with Gasteiger partial charge in [0.2, 0.25) is 0 Å². The van der Waals surface area contributed by atoms with Crippen LogP contribution in [0.5, 0.6) is 0 Å². The molecular formula is C32H31N3. The second-order valence-electron chi connectivity index (χ2n) is 9.99. The van der Waals surface area contributed by atoms with E-state index in [4.69, 9.17) is 0 Å². The van der Waals surface area contributed by atoms with Crippen LogP contribution in [0.1, 0.15) is 38.8 Å². The Balaban J connectivity index is 1.61. The lowest BCUT2D eigenvalue weighted by atomic mass is 9.87. The molecule has 1 aromatic heterocycles. The third kappa shape index (κ3) is 4.67. The lowest BCUT2D eigenvalue weighted by Crippen LogP contribution is -2.11. The average Bonchev–Trinajstić information content (AvgIpc) is 3.34. The molecule has 3 heteroatoms. The summed E-state index contributed by atoms with van der Waals surface area (Å²) in [5.41, 5.74) is 10.2. The van der Waals surface area contributed by atoms with Crippen molar-refractivity contribution < 1.29 is 0 Å². The number of aromatic nitrogens is 3. The summed E-state index contributed by atoms with van der Waals surface area (Å²) in [5.74, 6) is 0. The molecule has 5 aromatic rings. The van der Waals surface area contributed by atoms with Crippen LogP contribution in [0.15, 0.2) is 103 Å². The Morgan fingerprint density at radius 3 is 1.80 bits per heavy atom. The third-order valence-electron chi connectivity index (χ3n) is 6.55. The van der Waals surface area contributed by atoms with Crippen LogP contribution < -0.4 is 0 Å². The van der Waals surface area contributed by atoms with E-state index in [1.807, 2.05) is 10.7 Å². The molecule has 5 rings (SSSR count). The van der Waals surface area contributed by atoms with Crippen molar-refractivity contribution in [3.63, 3.8) is 0 Å². The molecule has 1 heterocycles. The van der Waals surface area contributed by atoms with E-state index in [-0.39, 0.29) is 5.41 Å². The van der Waals surface area contributed by atoms with Crippen LogP contribution in [0, 0.1) is 0 Å². The molecule has 0 aliphatic carbocycles. The second-order valence-corrected chi connectivity index (χ2v) is 9.99. The highest BCUT2D eigenvalue weighted by Gasteiger charge is 2.19. The molecule has 0 aliphatic heterocycles. The zero-order chi connectivity index (χ0) is 24.4. The third-order valence-corrected chi connectivity index (χ3v) is 6.55. The Labute approximate surface area is 208 Å². The SMILES string of the molecule is CCc1ccc(-c2c(-c3ccc(-c4ccccc4)cc3)nnn2-c2ccc(C(C)(C)C)cc2)cc1. The average molecular weight is 458 g/mol. The highest BCUT2D eigenvalue weighted by molar-refractivity contribution is 5.80. The number of nitrogens with zero attached hydrogens (tertiary/aromatic N) is 3. The molecule has 0 spiro atoms. The number of rotatable bonds is 5. The van der Waals surface area contributed by atoms with E-state index in [1.165, 1.54) is 22.3 Å². The van der Waals surface area contributed by atoms with Gasteiger partial charge in [-0.1, -0.05) is 124 Å². The van der Waals surface area contributed by atoms with Crippen LogP contribution in [0.2, 0.25) is 0 Å². The minimum absolute atomic E-state index is 0.103. The Morgan fingerprint density at radius 1 is 0.629 bits per heavy atom. The van der Waals surface area contributed by atoms with Crippen molar-refractivity contribution in [1.82, 2.24) is 15.0 Å². The van der Waals surface area contributed by atoms with Gasteiger partial charge in [-0.2, -0.15) is 0 Å². The van der Waals surface area contributed by atoms with E-state index in [0.29, 0.717) is 0 Å². The predicted octanol–water partition coefficient (Wildman–Crippen LogP) is 8.13. The molecule has 0 bridgehead atoms. The fourth-order valence-corrected chi connectivity index (χ4v) is 4.37. The summed E-state index contributed by atoms with van der Waals surface area (Å²) >= 11 is 0. The molecule has 0 unspecified atom stereocenters. The minimum atomic E-state index is 0.103. The molecule has 0 atom stereocenters. The molecule has 3 nitrogen and oxygen atoms in total. The van der Waals surface area contributed by atoms with E-state index in [0.717, 1.165) is 34.6 Å². The number of benzene rings is 4. The molecule has 174 valence electrons. The number of hydrogen-bond acceptors (Lipinski definition) is 2. The standard InChI is InChI=1S/C32H31N3/c1-5-23-11-13-27(14-12-23)31-30(26-17-15-25(16-18-26)24-9-7-6-8-10-24)33-34-35(31)29-21-19-28(20-22-29)32(2,3)4/h6-22H,5H2,1-4H3. The van der Waals surface area contributed by atoms with Crippen molar-refractivity contribution in [1.29, 1.82) is 0 Å². The lowest BCUT2D eigenvalue weighted by molar-refractivity contribution is 0.590. The van der Waals surface area contributed by atoms with Gasteiger partial charge in [-0.25, -0.2) is 4.68 Å². The van der Waals surface area contributed by atoms with Crippen LogP contribution in [0.3, 0.4) is 0 Å². The van der Waals surface area contributed by atoms with Gasteiger partial charge in [-0.3, -0.25) is 0 Å². The van der Waals surface area contributed by atoms with Gasteiger partial charge >= 0.3 is 0 Å². The van der Waals surface area contributed by atoms with Crippen molar-refractivity contribution >= 4 is 0 Å². The monoisotopic (exact) mass is 457 g/mol. The van der Waals surface area contributed by atoms with Gasteiger partial charge in [-0.05, 0) is 46.2 Å². The summed E-state index contributed by atoms with van der Waals surface area (Å²) in [7, 11) is 0. The Bertz CT molecular complexity index is 1400. The predicted molar refractivity (Wildman–Crippen MR) is 146 cm³/mol. The maximum atomic E-state index is 4.67. The molecule has 35 heavy (non-hydrogen) atoms. The maximum absolute atomic E-state index is 4.67. The fraction of sp³-hybridized carbons (Fsp3) is 0.188. The van der Waals surface area contributed by atoms with E-state index in [1.54, 1.807) is 0 Å². The van der Waals surface area contributed by atoms with Crippen molar-refractivity contribution in [2.45, 2.75) is 39.5 Å². The minimum Gasteiger partial charge on any atom is -0.212 e. The van der Waals surface area contributed by atoms with Crippen molar-refractivity contribution in [2.75, 3.05) is 0 Å². The maximum Gasteiger partial charge on any atom is 0.121 e. The summed E-state index contributed by atoms with van der Waals surface area (Å²) in [4.78, 5) is 0. The molecule has 0 N–H and O–H groups in total. The van der Waals surface area contributed by atoms with Crippen molar-refractivity contribution in [3.8, 4) is 39.3 Å². The van der Waals surface area contributed by atoms with Gasteiger partial charge < -0.3 is 0 Å². The number of hydrogen-bond donors (Lipinski definition) is 0. The molecule has 0 amide bonds. The van der Waals surface area contributed by atoms with Gasteiger partial charge in [0.25, 0.3) is 0 Å².